The van der Waals surface area contributed by atoms with E-state index in [4.69, 9.17) is 11.6 Å². The maximum atomic E-state index is 12.8. The molecular formula is C16H20ClF3N6. The van der Waals surface area contributed by atoms with E-state index in [9.17, 15) is 13.2 Å². The van der Waals surface area contributed by atoms with Crippen LogP contribution in [0.1, 0.15) is 17.8 Å². The molecule has 1 aliphatic rings. The molecule has 2 aromatic rings. The highest BCUT2D eigenvalue weighted by Gasteiger charge is 2.32. The van der Waals surface area contributed by atoms with E-state index in [1.54, 1.807) is 6.33 Å². The number of aryl methyl sites for hydroxylation is 1. The van der Waals surface area contributed by atoms with Crippen molar-refractivity contribution >= 4 is 17.4 Å². The molecule has 3 heterocycles. The van der Waals surface area contributed by atoms with Crippen molar-refractivity contribution in [3.8, 4) is 0 Å². The van der Waals surface area contributed by atoms with Crippen LogP contribution in [0.2, 0.25) is 5.02 Å². The summed E-state index contributed by atoms with van der Waals surface area (Å²) in [4.78, 5) is 8.24. The minimum absolute atomic E-state index is 0.0355. The third kappa shape index (κ3) is 4.45. The highest BCUT2D eigenvalue weighted by molar-refractivity contribution is 6.33. The number of alkyl halides is 3. The molecule has 0 atom stereocenters. The van der Waals surface area contributed by atoms with Crippen LogP contribution >= 0.6 is 11.6 Å². The maximum absolute atomic E-state index is 12.8. The molecule has 0 saturated carbocycles. The van der Waals surface area contributed by atoms with Gasteiger partial charge in [-0.15, -0.1) is 10.2 Å². The fourth-order valence-corrected chi connectivity index (χ4v) is 3.29. The molecule has 2 aromatic heterocycles. The Morgan fingerprint density at radius 2 is 1.96 bits per heavy atom. The molecule has 0 aromatic carbocycles. The summed E-state index contributed by atoms with van der Waals surface area (Å²) in [5, 5.41) is 7.88. The summed E-state index contributed by atoms with van der Waals surface area (Å²) >= 11 is 6.07. The lowest BCUT2D eigenvalue weighted by atomic mass is 10.2. The Kier molecular flexibility index (Phi) is 5.67. The zero-order valence-corrected chi connectivity index (χ0v) is 15.1. The first-order chi connectivity index (χ1) is 12.3. The summed E-state index contributed by atoms with van der Waals surface area (Å²) < 4.78 is 40.3. The second-order valence-corrected chi connectivity index (χ2v) is 6.69. The summed E-state index contributed by atoms with van der Waals surface area (Å²) in [6.07, 6.45) is -0.991. The Bertz CT molecular complexity index is 748. The van der Waals surface area contributed by atoms with E-state index in [1.807, 2.05) is 16.4 Å². The second kappa shape index (κ2) is 7.79. The largest absolute Gasteiger partial charge is 0.417 e. The highest BCUT2D eigenvalue weighted by Crippen LogP contribution is 2.33. The van der Waals surface area contributed by atoms with E-state index in [0.29, 0.717) is 18.9 Å². The Balaban J connectivity index is 1.61. The molecule has 0 amide bonds. The van der Waals surface area contributed by atoms with Gasteiger partial charge in [-0.3, -0.25) is 4.90 Å². The van der Waals surface area contributed by atoms with Crippen molar-refractivity contribution in [2.24, 2.45) is 0 Å². The minimum atomic E-state index is -4.44. The molecule has 0 bridgehead atoms. The van der Waals surface area contributed by atoms with Gasteiger partial charge in [0, 0.05) is 38.9 Å². The van der Waals surface area contributed by atoms with Crippen LogP contribution in [0.15, 0.2) is 18.6 Å². The van der Waals surface area contributed by atoms with Crippen molar-refractivity contribution in [1.82, 2.24) is 24.6 Å². The van der Waals surface area contributed by atoms with Gasteiger partial charge in [-0.05, 0) is 26.0 Å². The quantitative estimate of drug-likeness (QED) is 0.806. The van der Waals surface area contributed by atoms with Crippen LogP contribution in [0.3, 0.4) is 0 Å². The Labute approximate surface area is 154 Å². The average Bonchev–Trinajstić information content (AvgIpc) is 2.85. The predicted octanol–water partition coefficient (Wildman–Crippen LogP) is 2.87. The molecule has 26 heavy (non-hydrogen) atoms. The predicted molar refractivity (Wildman–Crippen MR) is 92.3 cm³/mol. The Hall–Kier alpha value is -1.87. The molecule has 1 aliphatic heterocycles. The molecule has 1 saturated heterocycles. The smallest absolute Gasteiger partial charge is 0.354 e. The molecule has 6 nitrogen and oxygen atoms in total. The standard InChI is InChI=1S/C16H20ClF3N6/c1-12-23-22-11-26(12)8-6-24-3-2-4-25(7-5-24)15-14(17)9-13(10-21-15)16(18,19)20/h9-11H,2-8H2,1H3. The van der Waals surface area contributed by atoms with Gasteiger partial charge in [-0.25, -0.2) is 4.98 Å². The van der Waals surface area contributed by atoms with Crippen molar-refractivity contribution in [3.05, 3.63) is 35.0 Å². The van der Waals surface area contributed by atoms with E-state index < -0.39 is 11.7 Å². The highest BCUT2D eigenvalue weighted by atomic mass is 35.5. The van der Waals surface area contributed by atoms with Crippen molar-refractivity contribution in [3.63, 3.8) is 0 Å². The van der Waals surface area contributed by atoms with Crippen LogP contribution in [-0.2, 0) is 12.7 Å². The number of anilines is 1. The van der Waals surface area contributed by atoms with Gasteiger partial charge in [0.1, 0.15) is 18.0 Å². The number of halogens is 4. The van der Waals surface area contributed by atoms with Gasteiger partial charge < -0.3 is 9.47 Å². The van der Waals surface area contributed by atoms with Crippen molar-refractivity contribution in [2.75, 3.05) is 37.6 Å². The van der Waals surface area contributed by atoms with Crippen LogP contribution in [0.25, 0.3) is 0 Å². The van der Waals surface area contributed by atoms with E-state index in [0.717, 1.165) is 50.7 Å². The van der Waals surface area contributed by atoms with Crippen LogP contribution in [0, 0.1) is 6.92 Å². The zero-order valence-electron chi connectivity index (χ0n) is 14.4. The molecule has 0 spiro atoms. The van der Waals surface area contributed by atoms with E-state index in [-0.39, 0.29) is 5.02 Å². The molecule has 10 heteroatoms. The fraction of sp³-hybridized carbons (Fsp3) is 0.562. The first-order valence-corrected chi connectivity index (χ1v) is 8.77. The topological polar surface area (TPSA) is 50.1 Å². The second-order valence-electron chi connectivity index (χ2n) is 6.28. The Morgan fingerprint density at radius 3 is 2.62 bits per heavy atom. The van der Waals surface area contributed by atoms with Crippen LogP contribution < -0.4 is 4.90 Å². The van der Waals surface area contributed by atoms with Gasteiger partial charge in [-0.2, -0.15) is 13.2 Å². The van der Waals surface area contributed by atoms with Gasteiger partial charge in [-0.1, -0.05) is 11.6 Å². The number of hydrogen-bond donors (Lipinski definition) is 0. The number of pyridine rings is 1. The first-order valence-electron chi connectivity index (χ1n) is 8.39. The number of hydrogen-bond acceptors (Lipinski definition) is 5. The summed E-state index contributed by atoms with van der Waals surface area (Å²) in [7, 11) is 0. The lowest BCUT2D eigenvalue weighted by molar-refractivity contribution is -0.137. The summed E-state index contributed by atoms with van der Waals surface area (Å²) in [5.41, 5.74) is -0.827. The van der Waals surface area contributed by atoms with E-state index in [2.05, 4.69) is 20.1 Å². The summed E-state index contributed by atoms with van der Waals surface area (Å²) in [5.74, 6) is 1.29. The molecule has 142 valence electrons. The van der Waals surface area contributed by atoms with E-state index in [1.165, 1.54) is 0 Å². The van der Waals surface area contributed by atoms with Gasteiger partial charge in [0.15, 0.2) is 0 Å². The van der Waals surface area contributed by atoms with Crippen LogP contribution in [0.4, 0.5) is 19.0 Å². The molecule has 0 aliphatic carbocycles. The summed E-state index contributed by atoms with van der Waals surface area (Å²) in [6, 6.07) is 0.946. The first kappa shape index (κ1) is 18.9. The van der Waals surface area contributed by atoms with Gasteiger partial charge in [0.2, 0.25) is 0 Å². The molecule has 3 rings (SSSR count). The average molecular weight is 389 g/mol. The molecule has 0 radical (unpaired) electrons. The van der Waals surface area contributed by atoms with E-state index >= 15 is 0 Å². The minimum Gasteiger partial charge on any atom is -0.354 e. The van der Waals surface area contributed by atoms with Crippen molar-refractivity contribution in [2.45, 2.75) is 26.1 Å². The van der Waals surface area contributed by atoms with Crippen molar-refractivity contribution in [1.29, 1.82) is 0 Å². The molecule has 1 fully saturated rings. The SMILES string of the molecule is Cc1nncn1CCN1CCCN(c2ncc(C(F)(F)F)cc2Cl)CC1. The number of aromatic nitrogens is 4. The van der Waals surface area contributed by atoms with Gasteiger partial charge in [0.05, 0.1) is 10.6 Å². The van der Waals surface area contributed by atoms with Crippen LogP contribution in [-0.4, -0.2) is 57.4 Å². The van der Waals surface area contributed by atoms with Crippen LogP contribution in [0.5, 0.6) is 0 Å². The molecule has 0 N–H and O–H groups in total. The van der Waals surface area contributed by atoms with Gasteiger partial charge >= 0.3 is 6.18 Å². The normalized spacial score (nSPS) is 16.7. The lowest BCUT2D eigenvalue weighted by Crippen LogP contribution is -2.33. The maximum Gasteiger partial charge on any atom is 0.417 e. The van der Waals surface area contributed by atoms with Crippen molar-refractivity contribution < 1.29 is 13.2 Å². The fourth-order valence-electron chi connectivity index (χ4n) is 3.01. The third-order valence-electron chi connectivity index (χ3n) is 4.50. The molecular weight excluding hydrogens is 369 g/mol. The molecule has 0 unspecified atom stereocenters. The number of rotatable bonds is 4. The third-order valence-corrected chi connectivity index (χ3v) is 4.78. The number of nitrogens with zero attached hydrogens (tertiary/aromatic N) is 6. The Morgan fingerprint density at radius 1 is 1.15 bits per heavy atom. The monoisotopic (exact) mass is 388 g/mol. The zero-order chi connectivity index (χ0) is 18.7. The van der Waals surface area contributed by atoms with Gasteiger partial charge in [0.25, 0.3) is 0 Å². The summed E-state index contributed by atoms with van der Waals surface area (Å²) in [6.45, 7) is 6.66. The lowest BCUT2D eigenvalue weighted by Gasteiger charge is -2.24.